The number of amidine groups is 1. The second-order valence-electron chi connectivity index (χ2n) is 4.27. The molecule has 2 heterocycles. The molecule has 1 atom stereocenters. The lowest BCUT2D eigenvalue weighted by molar-refractivity contribution is -0.538. The number of hydrogen-bond acceptors (Lipinski definition) is 2. The smallest absolute Gasteiger partial charge is 0.281 e. The molecule has 1 aromatic carbocycles. The standard InChI is InChI=1S/C12H15N2O/c1-13-10-5-3-2-4-9(10)8-14-7-6-11(15)12(13)14/h2-5,11,15H,6-8H2,1H3/q+1. The molecular formula is C12H15N2O+. The van der Waals surface area contributed by atoms with Gasteiger partial charge in [-0.25, -0.2) is 4.90 Å². The Hall–Kier alpha value is -1.35. The molecule has 3 heteroatoms. The molecule has 0 saturated heterocycles. The van der Waals surface area contributed by atoms with Crippen LogP contribution in [0.5, 0.6) is 0 Å². The van der Waals surface area contributed by atoms with Crippen molar-refractivity contribution >= 4 is 11.5 Å². The van der Waals surface area contributed by atoms with Crippen LogP contribution >= 0.6 is 0 Å². The molecule has 2 aliphatic rings. The van der Waals surface area contributed by atoms with E-state index in [1.165, 1.54) is 11.3 Å². The SMILES string of the molecule is CN1C2=[N+](CCC2O)Cc2ccccc21. The lowest BCUT2D eigenvalue weighted by Gasteiger charge is -2.23. The van der Waals surface area contributed by atoms with E-state index < -0.39 is 0 Å². The molecule has 0 bridgehead atoms. The molecular weight excluding hydrogens is 188 g/mol. The normalized spacial score (nSPS) is 24.1. The Labute approximate surface area is 89.3 Å². The predicted molar refractivity (Wildman–Crippen MR) is 59.3 cm³/mol. The third-order valence-electron chi connectivity index (χ3n) is 3.35. The Balaban J connectivity index is 2.10. The van der Waals surface area contributed by atoms with Gasteiger partial charge in [-0.3, -0.25) is 4.58 Å². The van der Waals surface area contributed by atoms with E-state index in [9.17, 15) is 5.11 Å². The van der Waals surface area contributed by atoms with Crippen molar-refractivity contribution in [2.45, 2.75) is 19.1 Å². The summed E-state index contributed by atoms with van der Waals surface area (Å²) in [4.78, 5) is 2.12. The highest BCUT2D eigenvalue weighted by Gasteiger charge is 2.38. The molecule has 0 aliphatic carbocycles. The van der Waals surface area contributed by atoms with Crippen LogP contribution in [-0.2, 0) is 6.54 Å². The van der Waals surface area contributed by atoms with E-state index in [4.69, 9.17) is 0 Å². The van der Waals surface area contributed by atoms with Gasteiger partial charge >= 0.3 is 0 Å². The van der Waals surface area contributed by atoms with Crippen molar-refractivity contribution < 1.29 is 9.68 Å². The molecule has 15 heavy (non-hydrogen) atoms. The van der Waals surface area contributed by atoms with E-state index in [1.807, 2.05) is 13.1 Å². The highest BCUT2D eigenvalue weighted by Crippen LogP contribution is 2.27. The van der Waals surface area contributed by atoms with Gasteiger partial charge in [0.1, 0.15) is 12.2 Å². The van der Waals surface area contributed by atoms with Gasteiger partial charge in [-0.15, -0.1) is 0 Å². The van der Waals surface area contributed by atoms with Crippen molar-refractivity contribution in [3.63, 3.8) is 0 Å². The number of benzene rings is 1. The van der Waals surface area contributed by atoms with Crippen LogP contribution in [-0.4, -0.2) is 35.2 Å². The maximum absolute atomic E-state index is 9.90. The van der Waals surface area contributed by atoms with Crippen LogP contribution in [0, 0.1) is 0 Å². The minimum atomic E-state index is -0.289. The van der Waals surface area contributed by atoms with Crippen molar-refractivity contribution in [1.82, 2.24) is 0 Å². The number of aliphatic hydroxyl groups is 1. The summed E-state index contributed by atoms with van der Waals surface area (Å²) >= 11 is 0. The summed E-state index contributed by atoms with van der Waals surface area (Å²) in [5.41, 5.74) is 2.57. The van der Waals surface area contributed by atoms with Gasteiger partial charge in [0.25, 0.3) is 5.84 Å². The zero-order valence-electron chi connectivity index (χ0n) is 8.85. The number of likely N-dealkylation sites (N-methyl/N-ethyl adjacent to an activating group) is 1. The average molecular weight is 203 g/mol. The van der Waals surface area contributed by atoms with Gasteiger partial charge in [-0.1, -0.05) is 18.2 Å². The fourth-order valence-electron chi connectivity index (χ4n) is 2.63. The van der Waals surface area contributed by atoms with Crippen molar-refractivity contribution in [3.05, 3.63) is 29.8 Å². The molecule has 0 aromatic heterocycles. The first-order valence-corrected chi connectivity index (χ1v) is 5.39. The highest BCUT2D eigenvalue weighted by molar-refractivity contribution is 5.98. The molecule has 0 radical (unpaired) electrons. The summed E-state index contributed by atoms with van der Waals surface area (Å²) in [7, 11) is 2.04. The highest BCUT2D eigenvalue weighted by atomic mass is 16.3. The van der Waals surface area contributed by atoms with Crippen molar-refractivity contribution in [3.8, 4) is 0 Å². The number of hydrogen-bond donors (Lipinski definition) is 1. The van der Waals surface area contributed by atoms with Gasteiger partial charge in [0.2, 0.25) is 0 Å². The summed E-state index contributed by atoms with van der Waals surface area (Å²) < 4.78 is 2.27. The van der Waals surface area contributed by atoms with Gasteiger partial charge in [0, 0.05) is 12.0 Å². The molecule has 3 rings (SSSR count). The number of para-hydroxylation sites is 1. The van der Waals surface area contributed by atoms with Gasteiger partial charge in [0.15, 0.2) is 6.10 Å². The van der Waals surface area contributed by atoms with Crippen LogP contribution in [0.15, 0.2) is 24.3 Å². The first-order valence-electron chi connectivity index (χ1n) is 5.39. The van der Waals surface area contributed by atoms with Crippen LogP contribution in [0.4, 0.5) is 5.69 Å². The summed E-state index contributed by atoms with van der Waals surface area (Å²) in [6, 6.07) is 8.40. The quantitative estimate of drug-likeness (QED) is 0.632. The molecule has 1 N–H and O–H groups in total. The van der Waals surface area contributed by atoms with Crippen LogP contribution in [0.3, 0.4) is 0 Å². The summed E-state index contributed by atoms with van der Waals surface area (Å²) in [6.45, 7) is 1.90. The monoisotopic (exact) mass is 203 g/mol. The van der Waals surface area contributed by atoms with Crippen molar-refractivity contribution in [2.24, 2.45) is 0 Å². The van der Waals surface area contributed by atoms with Crippen LogP contribution in [0.1, 0.15) is 12.0 Å². The molecule has 3 nitrogen and oxygen atoms in total. The number of rotatable bonds is 0. The molecule has 2 aliphatic heterocycles. The summed E-state index contributed by atoms with van der Waals surface area (Å²) in [5, 5.41) is 9.90. The van der Waals surface area contributed by atoms with Gasteiger partial charge in [-0.2, -0.15) is 0 Å². The van der Waals surface area contributed by atoms with E-state index in [1.54, 1.807) is 0 Å². The second kappa shape index (κ2) is 3.07. The van der Waals surface area contributed by atoms with E-state index in [0.717, 1.165) is 25.3 Å². The Kier molecular flexibility index (Phi) is 1.83. The molecule has 1 unspecified atom stereocenters. The lowest BCUT2D eigenvalue weighted by atomic mass is 10.1. The molecule has 0 saturated carbocycles. The number of aliphatic hydroxyl groups excluding tert-OH is 1. The molecule has 1 aromatic rings. The molecule has 0 fully saturated rings. The molecule has 0 amide bonds. The third-order valence-corrected chi connectivity index (χ3v) is 3.35. The zero-order valence-corrected chi connectivity index (χ0v) is 8.85. The minimum Gasteiger partial charge on any atom is -0.380 e. The van der Waals surface area contributed by atoms with Gasteiger partial charge in [-0.05, 0) is 6.07 Å². The summed E-state index contributed by atoms with van der Waals surface area (Å²) in [5.74, 6) is 1.06. The van der Waals surface area contributed by atoms with Crippen LogP contribution < -0.4 is 4.90 Å². The number of anilines is 1. The largest absolute Gasteiger partial charge is 0.380 e. The Bertz CT molecular complexity index is 439. The Morgan fingerprint density at radius 3 is 3.07 bits per heavy atom. The average Bonchev–Trinajstić information content (AvgIpc) is 2.61. The van der Waals surface area contributed by atoms with Crippen LogP contribution in [0.2, 0.25) is 0 Å². The van der Waals surface area contributed by atoms with Gasteiger partial charge in [0.05, 0.1) is 13.6 Å². The topological polar surface area (TPSA) is 26.5 Å². The lowest BCUT2D eigenvalue weighted by Crippen LogP contribution is -2.41. The van der Waals surface area contributed by atoms with E-state index in [0.29, 0.717) is 0 Å². The van der Waals surface area contributed by atoms with Crippen molar-refractivity contribution in [1.29, 1.82) is 0 Å². The second-order valence-corrected chi connectivity index (χ2v) is 4.27. The Morgan fingerprint density at radius 1 is 1.40 bits per heavy atom. The number of fused-ring (bicyclic) bond motifs is 1. The zero-order chi connectivity index (χ0) is 10.4. The van der Waals surface area contributed by atoms with E-state index in [-0.39, 0.29) is 6.10 Å². The third kappa shape index (κ3) is 1.20. The van der Waals surface area contributed by atoms with Gasteiger partial charge < -0.3 is 5.11 Å². The first-order chi connectivity index (χ1) is 7.27. The van der Waals surface area contributed by atoms with Crippen molar-refractivity contribution in [2.75, 3.05) is 18.5 Å². The predicted octanol–water partition coefficient (Wildman–Crippen LogP) is 0.812. The molecule has 78 valence electrons. The fraction of sp³-hybridized carbons (Fsp3) is 0.417. The van der Waals surface area contributed by atoms with E-state index in [2.05, 4.69) is 27.7 Å². The maximum atomic E-state index is 9.90. The number of nitrogens with zero attached hydrogens (tertiary/aromatic N) is 2. The molecule has 0 spiro atoms. The maximum Gasteiger partial charge on any atom is 0.281 e. The minimum absolute atomic E-state index is 0.289. The summed E-state index contributed by atoms with van der Waals surface area (Å²) in [6.07, 6.45) is 0.566. The Morgan fingerprint density at radius 2 is 2.20 bits per heavy atom. The fourth-order valence-corrected chi connectivity index (χ4v) is 2.63. The van der Waals surface area contributed by atoms with Crippen LogP contribution in [0.25, 0.3) is 0 Å². The first kappa shape index (κ1) is 8.92. The van der Waals surface area contributed by atoms with E-state index >= 15 is 0 Å².